The van der Waals surface area contributed by atoms with Gasteiger partial charge in [0.2, 0.25) is 0 Å². The largest absolute Gasteiger partial charge is 0.279 e. The molecule has 0 fully saturated rings. The Morgan fingerprint density at radius 2 is 1.30 bits per heavy atom. The van der Waals surface area contributed by atoms with Gasteiger partial charge in [-0.3, -0.25) is 4.72 Å². The minimum Gasteiger partial charge on any atom is -0.279 e. The molecule has 0 bridgehead atoms. The number of sulfonamides is 1. The van der Waals surface area contributed by atoms with Gasteiger partial charge in [-0.05, 0) is 79.1 Å². The van der Waals surface area contributed by atoms with Crippen molar-refractivity contribution in [3.8, 4) is 17.2 Å². The number of halogens is 1. The quantitative estimate of drug-likeness (QED) is 0.325. The number of nitrogens with zero attached hydrogens (tertiary/aromatic N) is 1. The van der Waals surface area contributed by atoms with Gasteiger partial charge in [0.05, 0.1) is 26.8 Å². The summed E-state index contributed by atoms with van der Waals surface area (Å²) in [6.07, 6.45) is 0. The molecule has 37 heavy (non-hydrogen) atoms. The number of aryl methyl sites for hydroxylation is 2. The zero-order valence-electron chi connectivity index (χ0n) is 20.1. The van der Waals surface area contributed by atoms with E-state index in [1.807, 2.05) is 13.8 Å². The molecule has 4 aromatic rings. The lowest BCUT2D eigenvalue weighted by atomic mass is 10.0. The van der Waals surface area contributed by atoms with Crippen LogP contribution >= 0.6 is 0 Å². The van der Waals surface area contributed by atoms with E-state index >= 15 is 0 Å². The SMILES string of the molecule is Cc1ccc(S(=O)(=O)Cc2cc(-c3ccc(F)c(C#N)c3)ccc2NS(=O)(=O)c2ccc(C)cc2)cc1. The third-order valence-electron chi connectivity index (χ3n) is 5.83. The van der Waals surface area contributed by atoms with Crippen molar-refractivity contribution >= 4 is 25.5 Å². The zero-order valence-corrected chi connectivity index (χ0v) is 21.7. The Hall–Kier alpha value is -4.00. The first-order valence-corrected chi connectivity index (χ1v) is 14.3. The molecule has 6 nitrogen and oxygen atoms in total. The zero-order chi connectivity index (χ0) is 26.8. The Balaban J connectivity index is 1.80. The van der Waals surface area contributed by atoms with Gasteiger partial charge < -0.3 is 0 Å². The molecular formula is C28H23FN2O4S2. The summed E-state index contributed by atoms with van der Waals surface area (Å²) in [5.41, 5.74) is 2.93. The predicted molar refractivity (Wildman–Crippen MR) is 141 cm³/mol. The van der Waals surface area contributed by atoms with Gasteiger partial charge in [0, 0.05) is 0 Å². The van der Waals surface area contributed by atoms with E-state index in [1.54, 1.807) is 36.4 Å². The molecule has 0 spiro atoms. The molecule has 0 aliphatic heterocycles. The van der Waals surface area contributed by atoms with Crippen LogP contribution in [0.25, 0.3) is 11.1 Å². The van der Waals surface area contributed by atoms with Gasteiger partial charge in [-0.25, -0.2) is 21.2 Å². The van der Waals surface area contributed by atoms with E-state index in [1.165, 1.54) is 48.5 Å². The maximum absolute atomic E-state index is 13.9. The fraction of sp³-hybridized carbons (Fsp3) is 0.107. The summed E-state index contributed by atoms with van der Waals surface area (Å²) in [4.78, 5) is 0.135. The Morgan fingerprint density at radius 1 is 0.757 bits per heavy atom. The summed E-state index contributed by atoms with van der Waals surface area (Å²) in [5.74, 6) is -1.15. The van der Waals surface area contributed by atoms with Crippen molar-refractivity contribution < 1.29 is 21.2 Å². The average Bonchev–Trinajstić information content (AvgIpc) is 2.85. The molecule has 0 saturated carbocycles. The molecule has 0 radical (unpaired) electrons. The molecule has 4 aromatic carbocycles. The van der Waals surface area contributed by atoms with Gasteiger partial charge in [0.25, 0.3) is 10.0 Å². The highest BCUT2D eigenvalue weighted by Gasteiger charge is 2.22. The fourth-order valence-electron chi connectivity index (χ4n) is 3.74. The molecule has 0 aromatic heterocycles. The van der Waals surface area contributed by atoms with Crippen LogP contribution in [0.5, 0.6) is 0 Å². The van der Waals surface area contributed by atoms with Crippen LogP contribution in [0.15, 0.2) is 94.7 Å². The van der Waals surface area contributed by atoms with Crippen molar-refractivity contribution in [3.05, 3.63) is 113 Å². The first kappa shape index (κ1) is 26.1. The van der Waals surface area contributed by atoms with E-state index < -0.39 is 31.4 Å². The minimum absolute atomic E-state index is 0.0340. The van der Waals surface area contributed by atoms with Crippen molar-refractivity contribution in [2.24, 2.45) is 0 Å². The normalized spacial score (nSPS) is 11.6. The van der Waals surface area contributed by atoms with E-state index in [4.69, 9.17) is 0 Å². The molecule has 188 valence electrons. The number of nitriles is 1. The second-order valence-electron chi connectivity index (χ2n) is 8.67. The monoisotopic (exact) mass is 534 g/mol. The van der Waals surface area contributed by atoms with E-state index in [0.717, 1.165) is 17.2 Å². The minimum atomic E-state index is -4.01. The van der Waals surface area contributed by atoms with Gasteiger partial charge in [0.15, 0.2) is 9.84 Å². The molecule has 0 amide bonds. The topological polar surface area (TPSA) is 104 Å². The first-order valence-electron chi connectivity index (χ1n) is 11.2. The Bertz CT molecular complexity index is 1720. The smallest absolute Gasteiger partial charge is 0.261 e. The van der Waals surface area contributed by atoms with Gasteiger partial charge >= 0.3 is 0 Å². The number of benzene rings is 4. The van der Waals surface area contributed by atoms with Crippen LogP contribution in [-0.2, 0) is 25.6 Å². The number of anilines is 1. The lowest BCUT2D eigenvalue weighted by molar-refractivity contribution is 0.594. The summed E-state index contributed by atoms with van der Waals surface area (Å²) >= 11 is 0. The average molecular weight is 535 g/mol. The van der Waals surface area contributed by atoms with Crippen LogP contribution in [0.3, 0.4) is 0 Å². The molecule has 4 rings (SSSR count). The van der Waals surface area contributed by atoms with E-state index in [2.05, 4.69) is 4.72 Å². The number of nitrogens with one attached hydrogen (secondary N) is 1. The summed E-state index contributed by atoms with van der Waals surface area (Å²) < 4.78 is 69.0. The predicted octanol–water partition coefficient (Wildman–Crippen LogP) is 5.76. The molecule has 0 heterocycles. The van der Waals surface area contributed by atoms with Crippen molar-refractivity contribution in [1.82, 2.24) is 0 Å². The van der Waals surface area contributed by atoms with Crippen LogP contribution < -0.4 is 4.72 Å². The third kappa shape index (κ3) is 5.88. The number of sulfone groups is 1. The maximum atomic E-state index is 13.9. The van der Waals surface area contributed by atoms with Gasteiger partial charge in [-0.2, -0.15) is 5.26 Å². The van der Waals surface area contributed by atoms with Crippen molar-refractivity contribution in [1.29, 1.82) is 5.26 Å². The number of hydrogen-bond acceptors (Lipinski definition) is 5. The fourth-order valence-corrected chi connectivity index (χ4v) is 6.20. The number of hydrogen-bond donors (Lipinski definition) is 1. The first-order chi connectivity index (χ1) is 17.5. The molecule has 0 atom stereocenters. The van der Waals surface area contributed by atoms with Gasteiger partial charge in [-0.15, -0.1) is 0 Å². The molecule has 0 unspecified atom stereocenters. The van der Waals surface area contributed by atoms with Crippen LogP contribution in [0.1, 0.15) is 22.3 Å². The van der Waals surface area contributed by atoms with Gasteiger partial charge in [-0.1, -0.05) is 47.5 Å². The highest BCUT2D eigenvalue weighted by molar-refractivity contribution is 7.92. The van der Waals surface area contributed by atoms with Crippen LogP contribution in [0, 0.1) is 31.0 Å². The molecule has 9 heteroatoms. The molecular weight excluding hydrogens is 511 g/mol. The van der Waals surface area contributed by atoms with E-state index in [0.29, 0.717) is 11.1 Å². The number of rotatable bonds is 7. The van der Waals surface area contributed by atoms with Crippen LogP contribution in [-0.4, -0.2) is 16.8 Å². The highest BCUT2D eigenvalue weighted by Crippen LogP contribution is 2.31. The Kier molecular flexibility index (Phi) is 7.16. The molecule has 0 saturated heterocycles. The molecule has 0 aliphatic rings. The second-order valence-corrected chi connectivity index (χ2v) is 12.3. The lowest BCUT2D eigenvalue weighted by Gasteiger charge is -2.15. The van der Waals surface area contributed by atoms with Crippen LogP contribution in [0.2, 0.25) is 0 Å². The van der Waals surface area contributed by atoms with Crippen molar-refractivity contribution in [3.63, 3.8) is 0 Å². The summed E-state index contributed by atoms with van der Waals surface area (Å²) in [6, 6.07) is 23.0. The highest BCUT2D eigenvalue weighted by atomic mass is 32.2. The third-order valence-corrected chi connectivity index (χ3v) is 8.89. The van der Waals surface area contributed by atoms with Crippen molar-refractivity contribution in [2.45, 2.75) is 29.4 Å². The van der Waals surface area contributed by atoms with Crippen molar-refractivity contribution in [2.75, 3.05) is 4.72 Å². The maximum Gasteiger partial charge on any atom is 0.261 e. The second kappa shape index (κ2) is 10.2. The standard InChI is InChI=1S/C28H23FN2O4S2/c1-19-3-9-25(10-4-19)36(32,33)18-24-16-22(21-7-13-27(29)23(15-21)17-30)8-14-28(24)31-37(34,35)26-11-5-20(2)6-12-26/h3-16,31H,18H2,1-2H3. The summed E-state index contributed by atoms with van der Waals surface area (Å²) in [6.45, 7) is 3.68. The Morgan fingerprint density at radius 3 is 1.89 bits per heavy atom. The van der Waals surface area contributed by atoms with E-state index in [-0.39, 0.29) is 26.6 Å². The van der Waals surface area contributed by atoms with E-state index in [9.17, 15) is 26.5 Å². The Labute approximate surface area is 216 Å². The molecule has 0 aliphatic carbocycles. The molecule has 1 N–H and O–H groups in total. The summed E-state index contributed by atoms with van der Waals surface area (Å²) in [5, 5.41) is 9.19. The lowest BCUT2D eigenvalue weighted by Crippen LogP contribution is -2.15. The van der Waals surface area contributed by atoms with Gasteiger partial charge in [0.1, 0.15) is 11.9 Å². The van der Waals surface area contributed by atoms with Crippen LogP contribution in [0.4, 0.5) is 10.1 Å². The summed E-state index contributed by atoms with van der Waals surface area (Å²) in [7, 11) is -7.85.